The number of carbonyl (C=O) groups excluding carboxylic acids is 1. The van der Waals surface area contributed by atoms with Gasteiger partial charge < -0.3 is 4.90 Å². The minimum Gasteiger partial charge on any atom is -0.323 e. The van der Waals surface area contributed by atoms with E-state index in [9.17, 15) is 13.2 Å². The molecule has 0 aliphatic carbocycles. The largest absolute Gasteiger partial charge is 0.323 e. The van der Waals surface area contributed by atoms with Gasteiger partial charge >= 0.3 is 0 Å². The lowest BCUT2D eigenvalue weighted by molar-refractivity contribution is 0.0605. The summed E-state index contributed by atoms with van der Waals surface area (Å²) in [6.07, 6.45) is 1.28. The Morgan fingerprint density at radius 1 is 0.906 bits per heavy atom. The summed E-state index contributed by atoms with van der Waals surface area (Å²) in [5.41, 5.74) is 1.77. The average Bonchev–Trinajstić information content (AvgIpc) is 3.21. The van der Waals surface area contributed by atoms with E-state index in [1.807, 2.05) is 66.4 Å². The Morgan fingerprint density at radius 3 is 2.41 bits per heavy atom. The zero-order valence-corrected chi connectivity index (χ0v) is 19.7. The zero-order chi connectivity index (χ0) is 22.3. The molecule has 0 N–H and O–H groups in total. The lowest BCUT2D eigenvalue weighted by Crippen LogP contribution is -2.53. The molecular weight excluding hydrogens is 440 g/mol. The first kappa shape index (κ1) is 21.5. The molecule has 5 nitrogen and oxygen atoms in total. The van der Waals surface area contributed by atoms with Gasteiger partial charge in [0, 0.05) is 31.0 Å². The highest BCUT2D eigenvalue weighted by molar-refractivity contribution is 8.00. The van der Waals surface area contributed by atoms with Crippen molar-refractivity contribution >= 4 is 38.5 Å². The van der Waals surface area contributed by atoms with Crippen molar-refractivity contribution in [2.24, 2.45) is 0 Å². The molecule has 2 saturated heterocycles. The second kappa shape index (κ2) is 8.21. The van der Waals surface area contributed by atoms with Crippen molar-refractivity contribution in [2.45, 2.75) is 29.5 Å². The molecule has 32 heavy (non-hydrogen) atoms. The lowest BCUT2D eigenvalue weighted by Gasteiger charge is -2.43. The summed E-state index contributed by atoms with van der Waals surface area (Å²) < 4.78 is 28.3. The maximum atomic E-state index is 13.3. The standard InChI is InChI=1S/C25H26N2O3S2/c1-19-5-4-8-22(17-19)24(28)27-15-16-31-25(27)11-13-26(14-12-25)32(29,30)23-10-9-20-6-2-3-7-21(20)18-23/h2-10,17-18H,11-16H2,1H3. The summed E-state index contributed by atoms with van der Waals surface area (Å²) >= 11 is 1.79. The van der Waals surface area contributed by atoms with Crippen LogP contribution in [0.15, 0.2) is 71.6 Å². The Bertz CT molecular complexity index is 1280. The maximum Gasteiger partial charge on any atom is 0.255 e. The number of aryl methyl sites for hydroxylation is 1. The number of thioether (sulfide) groups is 1. The van der Waals surface area contributed by atoms with Gasteiger partial charge in [-0.25, -0.2) is 8.42 Å². The number of hydrogen-bond acceptors (Lipinski definition) is 4. The Balaban J connectivity index is 1.35. The normalized spacial score (nSPS) is 19.0. The number of hydrogen-bond donors (Lipinski definition) is 0. The van der Waals surface area contributed by atoms with Gasteiger partial charge in [0.1, 0.15) is 0 Å². The van der Waals surface area contributed by atoms with Gasteiger partial charge in [0.25, 0.3) is 5.91 Å². The molecule has 3 aromatic carbocycles. The van der Waals surface area contributed by atoms with E-state index in [1.165, 1.54) is 0 Å². The summed E-state index contributed by atoms with van der Waals surface area (Å²) in [6.45, 7) is 3.52. The molecule has 0 radical (unpaired) electrons. The first-order valence-corrected chi connectivity index (χ1v) is 13.3. The molecule has 166 valence electrons. The zero-order valence-electron chi connectivity index (χ0n) is 18.0. The van der Waals surface area contributed by atoms with E-state index >= 15 is 0 Å². The Kier molecular flexibility index (Phi) is 5.51. The number of benzene rings is 3. The topological polar surface area (TPSA) is 57.7 Å². The monoisotopic (exact) mass is 466 g/mol. The molecule has 1 amide bonds. The van der Waals surface area contributed by atoms with Crippen molar-refractivity contribution < 1.29 is 13.2 Å². The van der Waals surface area contributed by atoms with Crippen LogP contribution in [0.3, 0.4) is 0 Å². The molecule has 0 bridgehead atoms. The lowest BCUT2D eigenvalue weighted by atomic mass is 10.0. The van der Waals surface area contributed by atoms with Crippen LogP contribution in [0.25, 0.3) is 10.8 Å². The molecule has 2 fully saturated rings. The fraction of sp³-hybridized carbons (Fsp3) is 0.320. The van der Waals surface area contributed by atoms with E-state index in [2.05, 4.69) is 0 Å². The number of nitrogens with zero attached hydrogens (tertiary/aromatic N) is 2. The van der Waals surface area contributed by atoms with Crippen LogP contribution in [0.4, 0.5) is 0 Å². The molecule has 2 heterocycles. The fourth-order valence-corrected chi connectivity index (χ4v) is 7.73. The third kappa shape index (κ3) is 3.72. The highest BCUT2D eigenvalue weighted by Gasteiger charge is 2.48. The van der Waals surface area contributed by atoms with Gasteiger partial charge in [0.15, 0.2) is 0 Å². The predicted molar refractivity (Wildman–Crippen MR) is 129 cm³/mol. The molecule has 0 atom stereocenters. The molecule has 0 unspecified atom stereocenters. The van der Waals surface area contributed by atoms with Crippen molar-refractivity contribution in [1.82, 2.24) is 9.21 Å². The van der Waals surface area contributed by atoms with Gasteiger partial charge in [-0.05, 0) is 54.8 Å². The number of rotatable bonds is 3. The number of sulfonamides is 1. The van der Waals surface area contributed by atoms with Crippen LogP contribution >= 0.6 is 11.8 Å². The van der Waals surface area contributed by atoms with Crippen LogP contribution in [0.1, 0.15) is 28.8 Å². The summed E-state index contributed by atoms with van der Waals surface area (Å²) in [5.74, 6) is 0.930. The molecule has 5 rings (SSSR count). The SMILES string of the molecule is Cc1cccc(C(=O)N2CCSC23CCN(S(=O)(=O)c2ccc4ccccc4c2)CC3)c1. The van der Waals surface area contributed by atoms with Crippen LogP contribution in [0.5, 0.6) is 0 Å². The van der Waals surface area contributed by atoms with Crippen molar-refractivity contribution in [3.63, 3.8) is 0 Å². The highest BCUT2D eigenvalue weighted by Crippen LogP contribution is 2.45. The average molecular weight is 467 g/mol. The van der Waals surface area contributed by atoms with Gasteiger partial charge in [-0.15, -0.1) is 11.8 Å². The molecule has 0 saturated carbocycles. The second-order valence-corrected chi connectivity index (χ2v) is 11.9. The molecular formula is C25H26N2O3S2. The fourth-order valence-electron chi connectivity index (χ4n) is 4.80. The van der Waals surface area contributed by atoms with Crippen molar-refractivity contribution in [3.05, 3.63) is 77.9 Å². The van der Waals surface area contributed by atoms with E-state index in [4.69, 9.17) is 0 Å². The third-order valence-electron chi connectivity index (χ3n) is 6.55. The van der Waals surface area contributed by atoms with E-state index in [1.54, 1.807) is 28.2 Å². The van der Waals surface area contributed by atoms with Crippen LogP contribution in [0.2, 0.25) is 0 Å². The maximum absolute atomic E-state index is 13.3. The van der Waals surface area contributed by atoms with Crippen molar-refractivity contribution in [3.8, 4) is 0 Å². The molecule has 1 spiro atoms. The van der Waals surface area contributed by atoms with E-state index in [-0.39, 0.29) is 10.8 Å². The first-order valence-electron chi connectivity index (χ1n) is 10.9. The van der Waals surface area contributed by atoms with Crippen LogP contribution in [-0.2, 0) is 10.0 Å². The van der Waals surface area contributed by atoms with Gasteiger partial charge in [0.2, 0.25) is 10.0 Å². The highest BCUT2D eigenvalue weighted by atomic mass is 32.2. The van der Waals surface area contributed by atoms with Crippen molar-refractivity contribution in [2.75, 3.05) is 25.4 Å². The van der Waals surface area contributed by atoms with Gasteiger partial charge in [-0.2, -0.15) is 4.31 Å². The van der Waals surface area contributed by atoms with Crippen LogP contribution < -0.4 is 0 Å². The minimum atomic E-state index is -3.57. The van der Waals surface area contributed by atoms with Crippen LogP contribution in [0, 0.1) is 6.92 Å². The summed E-state index contributed by atoms with van der Waals surface area (Å²) in [4.78, 5) is 15.3. The van der Waals surface area contributed by atoms with Crippen molar-refractivity contribution in [1.29, 1.82) is 0 Å². The Morgan fingerprint density at radius 2 is 1.66 bits per heavy atom. The quantitative estimate of drug-likeness (QED) is 0.570. The number of fused-ring (bicyclic) bond motifs is 1. The second-order valence-electron chi connectivity index (χ2n) is 8.53. The number of carbonyl (C=O) groups is 1. The predicted octanol–water partition coefficient (Wildman–Crippen LogP) is 4.52. The Labute approximate surface area is 193 Å². The van der Waals surface area contributed by atoms with Gasteiger partial charge in [-0.3, -0.25) is 4.79 Å². The summed E-state index contributed by atoms with van der Waals surface area (Å²) in [6, 6.07) is 20.8. The minimum absolute atomic E-state index is 0.0459. The molecule has 2 aliphatic heterocycles. The van der Waals surface area contributed by atoms with E-state index in [0.29, 0.717) is 42.9 Å². The van der Waals surface area contributed by atoms with E-state index in [0.717, 1.165) is 22.1 Å². The summed E-state index contributed by atoms with van der Waals surface area (Å²) in [5, 5.41) is 1.94. The molecule has 2 aliphatic rings. The number of amides is 1. The Hall–Kier alpha value is -2.35. The summed E-state index contributed by atoms with van der Waals surface area (Å²) in [7, 11) is -3.57. The smallest absolute Gasteiger partial charge is 0.255 e. The first-order chi connectivity index (χ1) is 15.4. The molecule has 0 aromatic heterocycles. The van der Waals surface area contributed by atoms with E-state index < -0.39 is 10.0 Å². The third-order valence-corrected chi connectivity index (χ3v) is 10.00. The van der Waals surface area contributed by atoms with Gasteiger partial charge in [0.05, 0.1) is 9.77 Å². The van der Waals surface area contributed by atoms with Crippen LogP contribution in [-0.4, -0.2) is 53.8 Å². The molecule has 7 heteroatoms. The van der Waals surface area contributed by atoms with Gasteiger partial charge in [-0.1, -0.05) is 48.0 Å². The number of piperidine rings is 1. The molecule has 3 aromatic rings.